The van der Waals surface area contributed by atoms with Crippen molar-refractivity contribution in [3.8, 4) is 0 Å². The molecule has 182 valence electrons. The first-order valence-electron chi connectivity index (χ1n) is 10.5. The first-order chi connectivity index (χ1) is 15.6. The van der Waals surface area contributed by atoms with Gasteiger partial charge < -0.3 is 38.3 Å². The van der Waals surface area contributed by atoms with Crippen molar-refractivity contribution in [2.24, 2.45) is 17.2 Å². The van der Waals surface area contributed by atoms with Crippen molar-refractivity contribution in [1.29, 1.82) is 0 Å². The van der Waals surface area contributed by atoms with E-state index in [0.717, 1.165) is 5.56 Å². The molecule has 12 nitrogen and oxygen atoms in total. The average Bonchev–Trinajstić information content (AvgIpc) is 2.76. The third-order valence-corrected chi connectivity index (χ3v) is 4.68. The number of carboxylic acid groups (broad SMARTS) is 1. The van der Waals surface area contributed by atoms with Gasteiger partial charge in [0.25, 0.3) is 0 Å². The number of carbonyl (C=O) groups is 5. The predicted molar refractivity (Wildman–Crippen MR) is 119 cm³/mol. The summed E-state index contributed by atoms with van der Waals surface area (Å²) in [7, 11) is 0. The number of amides is 4. The number of rotatable bonds is 15. The van der Waals surface area contributed by atoms with Crippen LogP contribution in [0.1, 0.15) is 31.2 Å². The molecule has 1 aromatic rings. The molecule has 0 aliphatic rings. The Labute approximate surface area is 191 Å². The highest BCUT2D eigenvalue weighted by molar-refractivity contribution is 5.93. The van der Waals surface area contributed by atoms with Crippen LogP contribution in [0.2, 0.25) is 0 Å². The molecular formula is C21H32N6O6. The fraction of sp³-hybridized carbons (Fsp3) is 0.476. The Morgan fingerprint density at radius 3 is 2.18 bits per heavy atom. The zero-order chi connectivity index (χ0) is 24.8. The Balaban J connectivity index is 2.67. The summed E-state index contributed by atoms with van der Waals surface area (Å²) in [5.41, 5.74) is 17.3. The van der Waals surface area contributed by atoms with E-state index in [1.165, 1.54) is 0 Å². The van der Waals surface area contributed by atoms with E-state index < -0.39 is 60.7 Å². The quantitative estimate of drug-likeness (QED) is 0.140. The van der Waals surface area contributed by atoms with Crippen LogP contribution in [-0.2, 0) is 30.4 Å². The predicted octanol–water partition coefficient (Wildman–Crippen LogP) is -2.27. The van der Waals surface area contributed by atoms with Crippen LogP contribution in [0.4, 0.5) is 0 Å². The zero-order valence-electron chi connectivity index (χ0n) is 18.3. The molecule has 0 heterocycles. The van der Waals surface area contributed by atoms with E-state index in [1.807, 2.05) is 30.3 Å². The van der Waals surface area contributed by atoms with Crippen LogP contribution in [0.5, 0.6) is 0 Å². The molecule has 3 unspecified atom stereocenters. The van der Waals surface area contributed by atoms with E-state index in [-0.39, 0.29) is 12.8 Å². The summed E-state index contributed by atoms with van der Waals surface area (Å²) in [5, 5.41) is 16.1. The lowest BCUT2D eigenvalue weighted by molar-refractivity contribution is -0.143. The molecule has 0 spiro atoms. The Bertz CT molecular complexity index is 819. The number of nitrogens with one attached hydrogen (secondary N) is 3. The molecule has 0 aliphatic carbocycles. The third kappa shape index (κ3) is 11.1. The van der Waals surface area contributed by atoms with Crippen LogP contribution < -0.4 is 33.2 Å². The van der Waals surface area contributed by atoms with E-state index in [4.69, 9.17) is 22.3 Å². The largest absolute Gasteiger partial charge is 0.480 e. The fourth-order valence-corrected chi connectivity index (χ4v) is 2.94. The van der Waals surface area contributed by atoms with Crippen LogP contribution in [0.15, 0.2) is 30.3 Å². The number of primary amides is 1. The standard InChI is InChI=1S/C21H32N6O6/c22-9-5-4-8-15(27-19(30)14(23)10-13-6-2-1-3-7-13)20(31)25-12-18(29)26-16(21(32)33)11-17(24)28/h1-3,6-7,14-16H,4-5,8-12,22-23H2,(H2,24,28)(H,25,31)(H,26,29)(H,27,30)(H,32,33). The van der Waals surface area contributed by atoms with Gasteiger partial charge in [0.2, 0.25) is 23.6 Å². The molecule has 0 radical (unpaired) electrons. The second-order valence-corrected chi connectivity index (χ2v) is 7.49. The number of nitrogens with two attached hydrogens (primary N) is 3. The normalized spacial score (nSPS) is 13.3. The number of unbranched alkanes of at least 4 members (excludes halogenated alkanes) is 1. The number of carbonyl (C=O) groups excluding carboxylic acids is 4. The van der Waals surface area contributed by atoms with Gasteiger partial charge in [-0.1, -0.05) is 30.3 Å². The summed E-state index contributed by atoms with van der Waals surface area (Å²) in [4.78, 5) is 59.1. The van der Waals surface area contributed by atoms with Crippen LogP contribution in [0.25, 0.3) is 0 Å². The van der Waals surface area contributed by atoms with Crippen LogP contribution in [0, 0.1) is 0 Å². The maximum atomic E-state index is 12.6. The van der Waals surface area contributed by atoms with Gasteiger partial charge in [-0.05, 0) is 37.8 Å². The van der Waals surface area contributed by atoms with Gasteiger partial charge in [0.05, 0.1) is 19.0 Å². The Kier molecular flexibility index (Phi) is 12.1. The van der Waals surface area contributed by atoms with Crippen LogP contribution in [-0.4, -0.2) is 65.9 Å². The van der Waals surface area contributed by atoms with Gasteiger partial charge in [-0.3, -0.25) is 19.2 Å². The molecule has 33 heavy (non-hydrogen) atoms. The van der Waals surface area contributed by atoms with Gasteiger partial charge in [0, 0.05) is 0 Å². The van der Waals surface area contributed by atoms with Gasteiger partial charge in [0.15, 0.2) is 0 Å². The van der Waals surface area contributed by atoms with Gasteiger partial charge in [0.1, 0.15) is 12.1 Å². The number of benzene rings is 1. The third-order valence-electron chi connectivity index (χ3n) is 4.68. The van der Waals surface area contributed by atoms with Gasteiger partial charge in [-0.25, -0.2) is 4.79 Å². The van der Waals surface area contributed by atoms with E-state index in [9.17, 15) is 24.0 Å². The van der Waals surface area contributed by atoms with Crippen molar-refractivity contribution >= 4 is 29.6 Å². The van der Waals surface area contributed by atoms with Crippen LogP contribution >= 0.6 is 0 Å². The summed E-state index contributed by atoms with van der Waals surface area (Å²) < 4.78 is 0. The summed E-state index contributed by atoms with van der Waals surface area (Å²) in [6, 6.07) is 5.81. The molecule has 12 heteroatoms. The highest BCUT2D eigenvalue weighted by Gasteiger charge is 2.25. The monoisotopic (exact) mass is 464 g/mol. The van der Waals surface area contributed by atoms with Crippen molar-refractivity contribution < 1.29 is 29.1 Å². The first-order valence-corrected chi connectivity index (χ1v) is 10.5. The smallest absolute Gasteiger partial charge is 0.326 e. The van der Waals surface area contributed by atoms with Crippen molar-refractivity contribution in [2.75, 3.05) is 13.1 Å². The topological polar surface area (TPSA) is 220 Å². The van der Waals surface area contributed by atoms with E-state index in [0.29, 0.717) is 19.4 Å². The van der Waals surface area contributed by atoms with E-state index >= 15 is 0 Å². The summed E-state index contributed by atoms with van der Waals surface area (Å²) in [6.45, 7) is -0.143. The highest BCUT2D eigenvalue weighted by Crippen LogP contribution is 2.05. The van der Waals surface area contributed by atoms with Crippen molar-refractivity contribution in [3.05, 3.63) is 35.9 Å². The molecule has 3 atom stereocenters. The molecule has 0 aliphatic heterocycles. The summed E-state index contributed by atoms with van der Waals surface area (Å²) >= 11 is 0. The molecule has 0 saturated carbocycles. The van der Waals surface area contributed by atoms with Crippen molar-refractivity contribution in [1.82, 2.24) is 16.0 Å². The summed E-state index contributed by atoms with van der Waals surface area (Å²) in [6.07, 6.45) is 1.14. The zero-order valence-corrected chi connectivity index (χ0v) is 18.3. The number of hydrogen-bond donors (Lipinski definition) is 7. The molecule has 0 aromatic heterocycles. The van der Waals surface area contributed by atoms with Gasteiger partial charge >= 0.3 is 5.97 Å². The Hall–Kier alpha value is -3.51. The van der Waals surface area contributed by atoms with E-state index in [2.05, 4.69) is 16.0 Å². The van der Waals surface area contributed by atoms with Gasteiger partial charge in [-0.2, -0.15) is 0 Å². The van der Waals surface area contributed by atoms with Crippen LogP contribution in [0.3, 0.4) is 0 Å². The second-order valence-electron chi connectivity index (χ2n) is 7.49. The lowest BCUT2D eigenvalue weighted by Gasteiger charge is -2.21. The molecule has 4 amide bonds. The SMILES string of the molecule is NCCCCC(NC(=O)C(N)Cc1ccccc1)C(=O)NCC(=O)NC(CC(N)=O)C(=O)O. The van der Waals surface area contributed by atoms with Crippen molar-refractivity contribution in [2.45, 2.75) is 50.2 Å². The minimum absolute atomic E-state index is 0.272. The highest BCUT2D eigenvalue weighted by atomic mass is 16.4. The van der Waals surface area contributed by atoms with Crippen molar-refractivity contribution in [3.63, 3.8) is 0 Å². The maximum Gasteiger partial charge on any atom is 0.326 e. The lowest BCUT2D eigenvalue weighted by Crippen LogP contribution is -2.54. The number of hydrogen-bond acceptors (Lipinski definition) is 7. The molecule has 0 saturated heterocycles. The number of aliphatic carboxylic acids is 1. The first kappa shape index (κ1) is 27.5. The second kappa shape index (κ2) is 14.5. The Morgan fingerprint density at radius 2 is 1.61 bits per heavy atom. The molecule has 0 fully saturated rings. The molecular weight excluding hydrogens is 432 g/mol. The molecule has 1 aromatic carbocycles. The Morgan fingerprint density at radius 1 is 0.939 bits per heavy atom. The van der Waals surface area contributed by atoms with E-state index in [1.54, 1.807) is 0 Å². The fourth-order valence-electron chi connectivity index (χ4n) is 2.94. The summed E-state index contributed by atoms with van der Waals surface area (Å²) in [5.74, 6) is -4.33. The molecule has 1 rings (SSSR count). The molecule has 0 bridgehead atoms. The minimum Gasteiger partial charge on any atom is -0.480 e. The number of carboxylic acids is 1. The maximum absolute atomic E-state index is 12.6. The minimum atomic E-state index is -1.51. The lowest BCUT2D eigenvalue weighted by atomic mass is 10.0. The van der Waals surface area contributed by atoms with Gasteiger partial charge in [-0.15, -0.1) is 0 Å². The average molecular weight is 465 g/mol. The molecule has 10 N–H and O–H groups in total.